The van der Waals surface area contributed by atoms with Crippen LogP contribution in [-0.2, 0) is 25.7 Å². The van der Waals surface area contributed by atoms with E-state index in [0.29, 0.717) is 70.7 Å². The van der Waals surface area contributed by atoms with Crippen molar-refractivity contribution in [3.63, 3.8) is 0 Å². The summed E-state index contributed by atoms with van der Waals surface area (Å²) in [7, 11) is 0. The topological polar surface area (TPSA) is 0 Å². The van der Waals surface area contributed by atoms with E-state index in [2.05, 4.69) is 433 Å². The van der Waals surface area contributed by atoms with Gasteiger partial charge in [0.15, 0.2) is 0 Å². The Balaban J connectivity index is 0.00000139. The maximum absolute atomic E-state index is 11.0. The van der Waals surface area contributed by atoms with E-state index in [4.69, 9.17) is 5.48 Å². The minimum absolute atomic E-state index is 0.0784. The van der Waals surface area contributed by atoms with Crippen LogP contribution in [0.3, 0.4) is 0 Å². The molecule has 0 nitrogen and oxygen atoms in total. The second-order valence-electron chi connectivity index (χ2n) is 39.4. The molecule has 0 saturated heterocycles. The maximum Gasteiger partial charge on any atom is 0.0945 e. The van der Waals surface area contributed by atoms with Crippen LogP contribution in [0.2, 0.25) is 0 Å². The number of rotatable bonds is 18. The first kappa shape index (κ1) is 107. The van der Waals surface area contributed by atoms with E-state index in [-0.39, 0.29) is 30.1 Å². The molecule has 0 amide bonds. The molecule has 0 aliphatic heterocycles. The Kier molecular flexibility index (Phi) is 53.0. The highest BCUT2D eigenvalue weighted by Crippen LogP contribution is 2.35. The lowest BCUT2D eigenvalue weighted by Gasteiger charge is -2.22. The molecule has 0 aromatic heterocycles. The molecule has 0 fully saturated rings. The Morgan fingerprint density at radius 3 is 0.886 bits per heavy atom. The largest absolute Gasteiger partial charge is 0.248 e. The van der Waals surface area contributed by atoms with Crippen LogP contribution in [0.1, 0.15) is 448 Å². The number of aryl methyl sites for hydroxylation is 12. The molecule has 0 atom stereocenters. The zero-order valence-corrected chi connectivity index (χ0v) is 87.1. The number of alkyl halides is 1. The lowest BCUT2D eigenvalue weighted by Crippen LogP contribution is -2.07. The van der Waals surface area contributed by atoms with Gasteiger partial charge in [0, 0.05) is 0 Å². The molecule has 10 aromatic rings. The van der Waals surface area contributed by atoms with E-state index in [0.717, 1.165) is 30.2 Å². The molecule has 0 radical (unpaired) electrons. The molecule has 0 aliphatic carbocycles. The number of hydrogen-bond donors (Lipinski definition) is 0. The third-order valence-electron chi connectivity index (χ3n) is 21.8. The van der Waals surface area contributed by atoms with E-state index in [1.807, 2.05) is 19.9 Å². The maximum atomic E-state index is 11.0. The van der Waals surface area contributed by atoms with Crippen LogP contribution in [0, 0.1) is 88.0 Å². The van der Waals surface area contributed by atoms with Crippen molar-refractivity contribution in [2.75, 3.05) is 0 Å². The van der Waals surface area contributed by atoms with Gasteiger partial charge in [0.2, 0.25) is 0 Å². The van der Waals surface area contributed by atoms with Crippen molar-refractivity contribution >= 4 is 0 Å². The third kappa shape index (κ3) is 45.2. The smallest absolute Gasteiger partial charge is 0.0945 e. The van der Waals surface area contributed by atoms with Gasteiger partial charge >= 0.3 is 0 Å². The van der Waals surface area contributed by atoms with Crippen molar-refractivity contribution < 1.29 is 9.87 Å². The summed E-state index contributed by atoms with van der Waals surface area (Å²) in [6.45, 7) is 93.7. The molecule has 0 aliphatic rings. The quantitative estimate of drug-likeness (QED) is 0.0803. The van der Waals surface area contributed by atoms with Gasteiger partial charge in [-0.25, -0.2) is 4.39 Å². The van der Waals surface area contributed by atoms with Crippen LogP contribution in [0.15, 0.2) is 200 Å². The summed E-state index contributed by atoms with van der Waals surface area (Å²) < 4.78 is 41.3. The molecule has 0 bridgehead atoms. The lowest BCUT2D eigenvalue weighted by molar-refractivity contribution is 0.391. The summed E-state index contributed by atoms with van der Waals surface area (Å²) in [5.74, 6) is 8.67. The molecule has 10 aromatic carbocycles. The molecular formula is C122H185F. The van der Waals surface area contributed by atoms with Gasteiger partial charge in [0.25, 0.3) is 0 Å². The highest BCUT2D eigenvalue weighted by atomic mass is 19.1. The lowest BCUT2D eigenvalue weighted by atomic mass is 9.83. The first-order valence-electron chi connectivity index (χ1n) is 49.5. The summed E-state index contributed by atoms with van der Waals surface area (Å²) in [5.41, 5.74) is 38.0. The fourth-order valence-electron chi connectivity index (χ4n) is 16.3. The van der Waals surface area contributed by atoms with Gasteiger partial charge < -0.3 is 0 Å². The van der Waals surface area contributed by atoms with Gasteiger partial charge in [-0.1, -0.05) is 436 Å². The molecule has 0 spiro atoms. The van der Waals surface area contributed by atoms with Gasteiger partial charge in [0.1, 0.15) is 0 Å². The number of benzene rings is 10. The molecule has 0 unspecified atom stereocenters. The predicted octanol–water partition coefficient (Wildman–Crippen LogP) is 38.6. The summed E-state index contributed by atoms with van der Waals surface area (Å²) in [6, 6.07) is 63.9. The normalized spacial score (nSPS) is 11.3. The molecule has 1 heteroatoms. The number of halogens is 1. The average Bonchev–Trinajstić information content (AvgIpc) is 0.789. The second-order valence-corrected chi connectivity index (χ2v) is 39.4. The van der Waals surface area contributed by atoms with Crippen molar-refractivity contribution in [2.24, 2.45) is 11.8 Å². The Morgan fingerprint density at radius 1 is 0.228 bits per heavy atom. The second kappa shape index (κ2) is 60.7. The monoisotopic (exact) mass is 1670 g/mol. The zero-order valence-electron chi connectivity index (χ0n) is 91.1. The molecular weight excluding hydrogens is 1480 g/mol. The van der Waals surface area contributed by atoms with Gasteiger partial charge in [0.05, 0.1) is 11.7 Å². The van der Waals surface area contributed by atoms with Crippen LogP contribution < -0.4 is 0 Å². The molecule has 0 heterocycles. The van der Waals surface area contributed by atoms with Crippen molar-refractivity contribution in [2.45, 2.75) is 401 Å². The highest BCUT2D eigenvalue weighted by Gasteiger charge is 2.18. The van der Waals surface area contributed by atoms with Crippen molar-refractivity contribution in [3.05, 3.63) is 350 Å². The minimum atomic E-state index is -0.667. The zero-order chi connectivity index (χ0) is 97.9. The Bertz CT molecular complexity index is 4550. The fraction of sp³-hybridized carbons (Fsp3) is 0.508. The van der Waals surface area contributed by atoms with Gasteiger partial charge in [-0.2, -0.15) is 0 Å². The van der Waals surface area contributed by atoms with E-state index in [9.17, 15) is 4.39 Å². The SMILES string of the molecule is CC(C)Cc1cccc(CC(C)C)c1C(C)C.CC(C)F.CC(C)c1cccc(C(C)C)c1C(C)C.CC(C)c1ccccc1.CCc1cccc(CC)c1C(C)C.Cc1cc(C)c(C(C)C)c(C)c1.Cc1cc(C)cc(C(C)C)c1.Cc1ccc(C(C)C)cc1.Cc1ccc(C)c(C(C)C)c1.Cc1cccc(C)c1C(C)C.[2H]c1c([2H])c([2H])c(C(C)C)c(C)c1[2H]. The molecule has 10 rings (SSSR count). The summed E-state index contributed by atoms with van der Waals surface area (Å²) in [6.07, 6.45) is 4.06. The molecule has 0 N–H and O–H groups in total. The van der Waals surface area contributed by atoms with Gasteiger partial charge in [-0.15, -0.1) is 0 Å². The van der Waals surface area contributed by atoms with Gasteiger partial charge in [-0.05, 0) is 321 Å². The standard InChI is InChI=1S/C17H28.C15H24.C13H20.C12H18.3C11H16.2C10H14.C9H12.C3H7F/c1-12(2)10-15-8-7-9-16(11-13(3)4)17(15)14(5)6;1-10(2)13-8-7-9-14(11(3)4)15(13)12(5)6;1-5-11-8-7-9-12(6-2)13(11)10(3)4;1-8(2)12-10(4)6-9(3)7-11(12)5;1-8(2)11-6-9(3)5-10(4)7-11;1-8(2)11-7-9(3)5-6-10(11)4;1-8(2)11-9(3)6-5-7-10(11)4;1-8(2)10-6-4-9(3)5-7-10;1-8(2)10-7-5-4-6-9(10)3;1-8(2)9-6-4-3-5-7-9;1-3(2)4/h7-9,12-14H,10-11H2,1-6H3;7-12H,1-6H3;7-10H,5-6H2,1-4H3;6-8H,1-5H3;3*5-8H,1-4H3;2*4-8H,1-3H3;3-8H,1-2H3;3H,1-2H3/i;;;;;;;;4D,5D,6D,7D;;. The average molecular weight is 1670 g/mol. The van der Waals surface area contributed by atoms with Crippen LogP contribution in [-0.4, -0.2) is 6.17 Å². The van der Waals surface area contributed by atoms with Crippen LogP contribution in [0.25, 0.3) is 0 Å². The Hall–Kier alpha value is -7.87. The first-order valence-corrected chi connectivity index (χ1v) is 47.5. The van der Waals surface area contributed by atoms with Crippen LogP contribution >= 0.6 is 0 Å². The number of hydrogen-bond acceptors (Lipinski definition) is 0. The van der Waals surface area contributed by atoms with E-state index in [1.54, 1.807) is 34.7 Å². The van der Waals surface area contributed by atoms with Crippen molar-refractivity contribution in [3.8, 4) is 0 Å². The Labute approximate surface area is 767 Å². The highest BCUT2D eigenvalue weighted by molar-refractivity contribution is 5.44. The molecule has 680 valence electrons. The molecule has 123 heavy (non-hydrogen) atoms. The fourth-order valence-corrected chi connectivity index (χ4v) is 16.3. The van der Waals surface area contributed by atoms with Crippen LogP contribution in [0.5, 0.6) is 0 Å². The van der Waals surface area contributed by atoms with Crippen LogP contribution in [0.4, 0.5) is 4.39 Å². The summed E-state index contributed by atoms with van der Waals surface area (Å²) in [5, 5.41) is 0. The van der Waals surface area contributed by atoms with E-state index in [1.165, 1.54) is 138 Å². The minimum Gasteiger partial charge on any atom is -0.248 e. The summed E-state index contributed by atoms with van der Waals surface area (Å²) in [4.78, 5) is 0. The Morgan fingerprint density at radius 2 is 0.553 bits per heavy atom. The van der Waals surface area contributed by atoms with Crippen molar-refractivity contribution in [1.29, 1.82) is 0 Å². The van der Waals surface area contributed by atoms with E-state index < -0.39 is 6.17 Å². The van der Waals surface area contributed by atoms with Crippen molar-refractivity contribution in [1.82, 2.24) is 0 Å². The van der Waals surface area contributed by atoms with Gasteiger partial charge in [-0.3, -0.25) is 0 Å². The third-order valence-corrected chi connectivity index (χ3v) is 21.8. The van der Waals surface area contributed by atoms with E-state index >= 15 is 0 Å². The molecule has 0 saturated carbocycles. The summed E-state index contributed by atoms with van der Waals surface area (Å²) >= 11 is 0. The first-order chi connectivity index (χ1) is 59.0. The predicted molar refractivity (Wildman–Crippen MR) is 558 cm³/mol.